The van der Waals surface area contributed by atoms with E-state index >= 15 is 0 Å². The van der Waals surface area contributed by atoms with E-state index in [1.807, 2.05) is 0 Å². The SMILES string of the molecule is B1CCCCCCc2ccccc21. The molecule has 1 aliphatic rings. The van der Waals surface area contributed by atoms with Crippen molar-refractivity contribution < 1.29 is 0 Å². The summed E-state index contributed by atoms with van der Waals surface area (Å²) < 4.78 is 0. The Balaban J connectivity index is 2.17. The third kappa shape index (κ3) is 2.36. The van der Waals surface area contributed by atoms with Crippen LogP contribution in [0.15, 0.2) is 24.3 Å². The maximum Gasteiger partial charge on any atom is 0.158 e. The Labute approximate surface area is 81.6 Å². The first-order valence-electron chi connectivity index (χ1n) is 5.53. The Morgan fingerprint density at radius 1 is 0.923 bits per heavy atom. The van der Waals surface area contributed by atoms with Crippen molar-refractivity contribution >= 4 is 12.7 Å². The van der Waals surface area contributed by atoms with E-state index in [1.54, 1.807) is 11.0 Å². The van der Waals surface area contributed by atoms with Crippen molar-refractivity contribution in [3.05, 3.63) is 29.8 Å². The van der Waals surface area contributed by atoms with Crippen molar-refractivity contribution in [2.24, 2.45) is 0 Å². The average Bonchev–Trinajstić information content (AvgIpc) is 2.28. The Kier molecular flexibility index (Phi) is 3.07. The highest BCUT2D eigenvalue weighted by Crippen LogP contribution is 2.10. The van der Waals surface area contributed by atoms with E-state index in [2.05, 4.69) is 24.3 Å². The van der Waals surface area contributed by atoms with Gasteiger partial charge in [-0.2, -0.15) is 0 Å². The molecule has 1 aliphatic heterocycles. The van der Waals surface area contributed by atoms with E-state index in [-0.39, 0.29) is 0 Å². The Bertz CT molecular complexity index is 241. The topological polar surface area (TPSA) is 0 Å². The molecule has 0 N–H and O–H groups in total. The van der Waals surface area contributed by atoms with Gasteiger partial charge in [0, 0.05) is 0 Å². The summed E-state index contributed by atoms with van der Waals surface area (Å²) in [6, 6.07) is 8.97. The van der Waals surface area contributed by atoms with Crippen LogP contribution in [-0.4, -0.2) is 7.28 Å². The Morgan fingerprint density at radius 2 is 1.77 bits per heavy atom. The monoisotopic (exact) mass is 172 g/mol. The van der Waals surface area contributed by atoms with Crippen LogP contribution in [0.1, 0.15) is 31.2 Å². The van der Waals surface area contributed by atoms with Crippen molar-refractivity contribution in [1.82, 2.24) is 0 Å². The first kappa shape index (κ1) is 8.86. The smallest absolute Gasteiger partial charge is 0.0814 e. The molecule has 0 fully saturated rings. The minimum Gasteiger partial charge on any atom is -0.0814 e. The molecule has 0 radical (unpaired) electrons. The van der Waals surface area contributed by atoms with Crippen molar-refractivity contribution in [3.8, 4) is 0 Å². The number of hydrogen-bond donors (Lipinski definition) is 0. The van der Waals surface area contributed by atoms with Crippen LogP contribution in [0.2, 0.25) is 6.32 Å². The fourth-order valence-corrected chi connectivity index (χ4v) is 2.21. The molecule has 0 saturated carbocycles. The lowest BCUT2D eigenvalue weighted by Gasteiger charge is -2.05. The maximum atomic E-state index is 2.31. The zero-order chi connectivity index (χ0) is 8.93. The summed E-state index contributed by atoms with van der Waals surface area (Å²) in [6.07, 6.45) is 8.36. The summed E-state index contributed by atoms with van der Waals surface area (Å²) >= 11 is 0. The molecular weight excluding hydrogens is 155 g/mol. The number of aryl methyl sites for hydroxylation is 1. The number of hydrogen-bond acceptors (Lipinski definition) is 0. The molecule has 1 heteroatoms. The van der Waals surface area contributed by atoms with Crippen LogP contribution in [0, 0.1) is 0 Å². The lowest BCUT2D eigenvalue weighted by atomic mass is 9.64. The van der Waals surface area contributed by atoms with Gasteiger partial charge in [-0.05, 0) is 12.8 Å². The largest absolute Gasteiger partial charge is 0.158 e. The predicted octanol–water partition coefficient (Wildman–Crippen LogP) is 2.28. The van der Waals surface area contributed by atoms with Crippen LogP contribution in [0.4, 0.5) is 0 Å². The van der Waals surface area contributed by atoms with Gasteiger partial charge in [-0.1, -0.05) is 60.9 Å². The molecule has 0 aliphatic carbocycles. The second-order valence-electron chi connectivity index (χ2n) is 4.04. The number of benzene rings is 1. The molecule has 1 aromatic rings. The minimum absolute atomic E-state index is 1.30. The average molecular weight is 172 g/mol. The lowest BCUT2D eigenvalue weighted by molar-refractivity contribution is 0.670. The van der Waals surface area contributed by atoms with Gasteiger partial charge in [0.15, 0.2) is 7.28 Å². The second kappa shape index (κ2) is 4.50. The highest BCUT2D eigenvalue weighted by molar-refractivity contribution is 6.54. The molecule has 1 aromatic carbocycles. The number of fused-ring (bicyclic) bond motifs is 1. The summed E-state index contributed by atoms with van der Waals surface area (Å²) in [7, 11) is 1.30. The zero-order valence-corrected chi connectivity index (χ0v) is 8.26. The number of rotatable bonds is 0. The summed E-state index contributed by atoms with van der Waals surface area (Å²) in [5, 5.41) is 0. The van der Waals surface area contributed by atoms with Crippen LogP contribution in [0.3, 0.4) is 0 Å². The normalized spacial score (nSPS) is 17.5. The van der Waals surface area contributed by atoms with Crippen molar-refractivity contribution in [1.29, 1.82) is 0 Å². The van der Waals surface area contributed by atoms with Crippen molar-refractivity contribution in [2.45, 2.75) is 38.4 Å². The van der Waals surface area contributed by atoms with E-state index in [1.165, 1.54) is 45.7 Å². The van der Waals surface area contributed by atoms with E-state index < -0.39 is 0 Å². The lowest BCUT2D eigenvalue weighted by Crippen LogP contribution is -2.18. The van der Waals surface area contributed by atoms with Gasteiger partial charge < -0.3 is 0 Å². The molecule has 2 rings (SSSR count). The third-order valence-electron chi connectivity index (χ3n) is 3.01. The van der Waals surface area contributed by atoms with Crippen LogP contribution in [-0.2, 0) is 6.42 Å². The van der Waals surface area contributed by atoms with E-state index in [0.717, 1.165) is 0 Å². The molecule has 0 aromatic heterocycles. The van der Waals surface area contributed by atoms with Crippen molar-refractivity contribution in [2.75, 3.05) is 0 Å². The van der Waals surface area contributed by atoms with Gasteiger partial charge in [0.1, 0.15) is 0 Å². The quantitative estimate of drug-likeness (QED) is 0.526. The summed E-state index contributed by atoms with van der Waals surface area (Å²) in [5.41, 5.74) is 3.20. The fourth-order valence-electron chi connectivity index (χ4n) is 2.21. The molecule has 0 unspecified atom stereocenters. The highest BCUT2D eigenvalue weighted by Gasteiger charge is 2.05. The van der Waals surface area contributed by atoms with Crippen LogP contribution in [0.25, 0.3) is 0 Å². The molecule has 0 saturated heterocycles. The third-order valence-corrected chi connectivity index (χ3v) is 3.01. The summed E-state index contributed by atoms with van der Waals surface area (Å²) in [6.45, 7) is 0. The van der Waals surface area contributed by atoms with Gasteiger partial charge in [-0.15, -0.1) is 0 Å². The molecule has 0 atom stereocenters. The first-order valence-corrected chi connectivity index (χ1v) is 5.53. The van der Waals surface area contributed by atoms with Gasteiger partial charge in [0.2, 0.25) is 0 Å². The molecular formula is C12H17B. The Hall–Kier alpha value is -0.715. The molecule has 0 amide bonds. The molecule has 68 valence electrons. The predicted molar refractivity (Wildman–Crippen MR) is 60.2 cm³/mol. The standard InChI is InChI=1S/C12H17B/c1-2-6-10-13-12-9-5-4-8-11(12)7-3-1/h4-5,8-9,13H,1-3,6-7,10H2. The maximum absolute atomic E-state index is 2.31. The molecule has 13 heavy (non-hydrogen) atoms. The van der Waals surface area contributed by atoms with E-state index in [0.29, 0.717) is 0 Å². The van der Waals surface area contributed by atoms with Crippen molar-refractivity contribution in [3.63, 3.8) is 0 Å². The summed E-state index contributed by atoms with van der Waals surface area (Å²) in [4.78, 5) is 0. The fraction of sp³-hybridized carbons (Fsp3) is 0.500. The zero-order valence-electron chi connectivity index (χ0n) is 8.26. The minimum atomic E-state index is 1.30. The summed E-state index contributed by atoms with van der Waals surface area (Å²) in [5.74, 6) is 0. The van der Waals surface area contributed by atoms with Gasteiger partial charge in [-0.3, -0.25) is 0 Å². The second-order valence-corrected chi connectivity index (χ2v) is 4.04. The molecule has 0 nitrogen and oxygen atoms in total. The van der Waals surface area contributed by atoms with Gasteiger partial charge >= 0.3 is 0 Å². The van der Waals surface area contributed by atoms with E-state index in [4.69, 9.17) is 0 Å². The molecule has 0 spiro atoms. The van der Waals surface area contributed by atoms with Gasteiger partial charge in [0.25, 0.3) is 0 Å². The molecule has 0 bridgehead atoms. The van der Waals surface area contributed by atoms with Crippen LogP contribution in [0.5, 0.6) is 0 Å². The molecule has 1 heterocycles. The van der Waals surface area contributed by atoms with Crippen LogP contribution < -0.4 is 5.46 Å². The van der Waals surface area contributed by atoms with Gasteiger partial charge in [0.05, 0.1) is 0 Å². The first-order chi connectivity index (χ1) is 6.47. The van der Waals surface area contributed by atoms with Gasteiger partial charge in [-0.25, -0.2) is 0 Å². The highest BCUT2D eigenvalue weighted by atomic mass is 14.0. The van der Waals surface area contributed by atoms with Crippen LogP contribution >= 0.6 is 0 Å². The van der Waals surface area contributed by atoms with E-state index in [9.17, 15) is 0 Å². The Morgan fingerprint density at radius 3 is 2.77 bits per heavy atom.